The van der Waals surface area contributed by atoms with Gasteiger partial charge in [-0.2, -0.15) is 0 Å². The van der Waals surface area contributed by atoms with E-state index in [1.807, 2.05) is 24.3 Å². The molecule has 1 aromatic rings. The van der Waals surface area contributed by atoms with Crippen molar-refractivity contribution in [1.29, 1.82) is 0 Å². The molecule has 0 radical (unpaired) electrons. The molecule has 118 valence electrons. The van der Waals surface area contributed by atoms with Crippen molar-refractivity contribution >= 4 is 18.0 Å². The summed E-state index contributed by atoms with van der Waals surface area (Å²) >= 11 is 0. The Bertz CT molecular complexity index is 564. The number of esters is 1. The van der Waals surface area contributed by atoms with Gasteiger partial charge in [0.25, 0.3) is 0 Å². The molecule has 0 saturated heterocycles. The maximum Gasteiger partial charge on any atom is 0.307 e. The smallest absolute Gasteiger partial charge is 0.307 e. The number of ether oxygens (including phenoxy) is 2. The van der Waals surface area contributed by atoms with Crippen LogP contribution in [0.3, 0.4) is 0 Å². The van der Waals surface area contributed by atoms with Crippen LogP contribution in [-0.2, 0) is 14.3 Å². The van der Waals surface area contributed by atoms with Crippen molar-refractivity contribution in [3.8, 4) is 5.75 Å². The van der Waals surface area contributed by atoms with Crippen molar-refractivity contribution in [3.63, 3.8) is 0 Å². The van der Waals surface area contributed by atoms with Crippen molar-refractivity contribution in [2.45, 2.75) is 25.3 Å². The van der Waals surface area contributed by atoms with Crippen molar-refractivity contribution in [3.05, 3.63) is 35.9 Å². The van der Waals surface area contributed by atoms with Gasteiger partial charge < -0.3 is 14.4 Å². The molecule has 0 atom stereocenters. The van der Waals surface area contributed by atoms with Gasteiger partial charge in [-0.25, -0.2) is 0 Å². The van der Waals surface area contributed by atoms with Gasteiger partial charge >= 0.3 is 5.97 Å². The molecule has 1 aliphatic carbocycles. The Morgan fingerprint density at radius 2 is 2.09 bits per heavy atom. The molecule has 0 aliphatic heterocycles. The van der Waals surface area contributed by atoms with E-state index in [1.165, 1.54) is 7.11 Å². The fourth-order valence-corrected chi connectivity index (χ4v) is 2.18. The number of benzene rings is 1. The summed E-state index contributed by atoms with van der Waals surface area (Å²) in [7, 11) is 2.96. The van der Waals surface area contributed by atoms with E-state index < -0.39 is 0 Å². The zero-order chi connectivity index (χ0) is 15.9. The van der Waals surface area contributed by atoms with E-state index in [0.717, 1.165) is 24.2 Å². The standard InChI is InChI=1S/C17H21NO4/c1-21-15-5-3-4-13(12-15)6-9-16(19)18(14-7-8-14)11-10-17(20)22-2/h3-6,9,12,14H,7-8,10-11H2,1-2H3/b9-6+. The lowest BCUT2D eigenvalue weighted by molar-refractivity contribution is -0.141. The molecule has 1 amide bonds. The fraction of sp³-hybridized carbons (Fsp3) is 0.412. The summed E-state index contributed by atoms with van der Waals surface area (Å²) in [5.41, 5.74) is 0.899. The minimum absolute atomic E-state index is 0.0748. The van der Waals surface area contributed by atoms with E-state index >= 15 is 0 Å². The number of amides is 1. The van der Waals surface area contributed by atoms with Crippen LogP contribution >= 0.6 is 0 Å². The summed E-state index contributed by atoms with van der Waals surface area (Å²) in [5, 5.41) is 0. The lowest BCUT2D eigenvalue weighted by Gasteiger charge is -2.20. The highest BCUT2D eigenvalue weighted by molar-refractivity contribution is 5.92. The lowest BCUT2D eigenvalue weighted by atomic mass is 10.2. The zero-order valence-electron chi connectivity index (χ0n) is 13.0. The summed E-state index contributed by atoms with van der Waals surface area (Å²) in [6, 6.07) is 7.75. The average molecular weight is 303 g/mol. The number of hydrogen-bond acceptors (Lipinski definition) is 4. The molecule has 0 bridgehead atoms. The number of nitrogens with zero attached hydrogens (tertiary/aromatic N) is 1. The monoisotopic (exact) mass is 303 g/mol. The first kappa shape index (κ1) is 16.1. The van der Waals surface area contributed by atoms with Gasteiger partial charge in [-0.15, -0.1) is 0 Å². The van der Waals surface area contributed by atoms with Gasteiger partial charge in [-0.05, 0) is 36.6 Å². The quantitative estimate of drug-likeness (QED) is 0.573. The van der Waals surface area contributed by atoms with Gasteiger partial charge in [0.15, 0.2) is 0 Å². The summed E-state index contributed by atoms with van der Waals surface area (Å²) < 4.78 is 9.78. The van der Waals surface area contributed by atoms with Crippen LogP contribution in [0.25, 0.3) is 6.08 Å². The second-order valence-electron chi connectivity index (χ2n) is 5.20. The van der Waals surface area contributed by atoms with Crippen LogP contribution in [0.4, 0.5) is 0 Å². The third-order valence-electron chi connectivity index (χ3n) is 3.57. The van der Waals surface area contributed by atoms with Crippen LogP contribution in [0.2, 0.25) is 0 Å². The zero-order valence-corrected chi connectivity index (χ0v) is 13.0. The van der Waals surface area contributed by atoms with E-state index in [9.17, 15) is 9.59 Å². The molecule has 1 fully saturated rings. The van der Waals surface area contributed by atoms with Gasteiger partial charge in [-0.3, -0.25) is 9.59 Å². The predicted octanol–water partition coefficient (Wildman–Crippen LogP) is 2.26. The lowest BCUT2D eigenvalue weighted by Crippen LogP contribution is -2.33. The molecule has 0 unspecified atom stereocenters. The Hall–Kier alpha value is -2.30. The maximum absolute atomic E-state index is 12.3. The number of carbonyl (C=O) groups is 2. The molecule has 1 aromatic carbocycles. The highest BCUT2D eigenvalue weighted by Gasteiger charge is 2.31. The second kappa shape index (κ2) is 7.64. The van der Waals surface area contributed by atoms with Crippen molar-refractivity contribution in [2.24, 2.45) is 0 Å². The van der Waals surface area contributed by atoms with Crippen LogP contribution in [0.15, 0.2) is 30.3 Å². The Kier molecular flexibility index (Phi) is 5.58. The van der Waals surface area contributed by atoms with Gasteiger partial charge in [0, 0.05) is 18.7 Å². The SMILES string of the molecule is COC(=O)CCN(C(=O)/C=C/c1cccc(OC)c1)C1CC1. The van der Waals surface area contributed by atoms with Gasteiger partial charge in [0.2, 0.25) is 5.91 Å². The molecule has 0 aromatic heterocycles. The van der Waals surface area contributed by atoms with Crippen LogP contribution in [0, 0.1) is 0 Å². The minimum atomic E-state index is -0.296. The molecular weight excluding hydrogens is 282 g/mol. The highest BCUT2D eigenvalue weighted by atomic mass is 16.5. The fourth-order valence-electron chi connectivity index (χ4n) is 2.18. The van der Waals surface area contributed by atoms with Crippen LogP contribution in [0.1, 0.15) is 24.8 Å². The molecule has 1 saturated carbocycles. The first-order valence-electron chi connectivity index (χ1n) is 7.33. The molecule has 0 heterocycles. The Morgan fingerprint density at radius 3 is 2.73 bits per heavy atom. The Morgan fingerprint density at radius 1 is 1.32 bits per heavy atom. The molecule has 1 aliphatic rings. The predicted molar refractivity (Wildman–Crippen MR) is 83.4 cm³/mol. The van der Waals surface area contributed by atoms with E-state index in [2.05, 4.69) is 4.74 Å². The topological polar surface area (TPSA) is 55.8 Å². The highest BCUT2D eigenvalue weighted by Crippen LogP contribution is 2.27. The second-order valence-corrected chi connectivity index (χ2v) is 5.20. The molecule has 5 nitrogen and oxygen atoms in total. The first-order valence-corrected chi connectivity index (χ1v) is 7.33. The molecule has 0 spiro atoms. The Balaban J connectivity index is 1.98. The minimum Gasteiger partial charge on any atom is -0.497 e. The molecule has 0 N–H and O–H groups in total. The number of rotatable bonds is 7. The number of hydrogen-bond donors (Lipinski definition) is 0. The third-order valence-corrected chi connectivity index (χ3v) is 3.57. The van der Waals surface area contributed by atoms with Crippen molar-refractivity contribution < 1.29 is 19.1 Å². The van der Waals surface area contributed by atoms with E-state index in [-0.39, 0.29) is 24.3 Å². The van der Waals surface area contributed by atoms with Crippen LogP contribution < -0.4 is 4.74 Å². The van der Waals surface area contributed by atoms with E-state index in [4.69, 9.17) is 4.74 Å². The van der Waals surface area contributed by atoms with Gasteiger partial charge in [0.05, 0.1) is 20.6 Å². The van der Waals surface area contributed by atoms with Crippen LogP contribution in [0.5, 0.6) is 5.75 Å². The van der Waals surface area contributed by atoms with Crippen LogP contribution in [-0.4, -0.2) is 43.6 Å². The molecule has 2 rings (SSSR count). The summed E-state index contributed by atoms with van der Waals surface area (Å²) in [6.45, 7) is 0.401. The summed E-state index contributed by atoms with van der Waals surface area (Å²) in [6.07, 6.45) is 5.54. The Labute approximate surface area is 130 Å². The van der Waals surface area contributed by atoms with E-state index in [1.54, 1.807) is 24.2 Å². The van der Waals surface area contributed by atoms with Gasteiger partial charge in [0.1, 0.15) is 5.75 Å². The first-order chi connectivity index (χ1) is 10.6. The maximum atomic E-state index is 12.3. The van der Waals surface area contributed by atoms with E-state index in [0.29, 0.717) is 6.54 Å². The third kappa shape index (κ3) is 4.62. The van der Waals surface area contributed by atoms with Gasteiger partial charge in [-0.1, -0.05) is 12.1 Å². The largest absolute Gasteiger partial charge is 0.497 e. The van der Waals surface area contributed by atoms with Crippen molar-refractivity contribution in [1.82, 2.24) is 4.90 Å². The summed E-state index contributed by atoms with van der Waals surface area (Å²) in [4.78, 5) is 25.3. The number of methoxy groups -OCH3 is 2. The molecular formula is C17H21NO4. The normalized spacial score (nSPS) is 13.9. The summed E-state index contributed by atoms with van der Waals surface area (Å²) in [5.74, 6) is 0.379. The molecule has 22 heavy (non-hydrogen) atoms. The average Bonchev–Trinajstić information content (AvgIpc) is 3.37. The number of carbonyl (C=O) groups excluding carboxylic acids is 2. The molecule has 5 heteroatoms. The van der Waals surface area contributed by atoms with Crippen molar-refractivity contribution in [2.75, 3.05) is 20.8 Å².